The van der Waals surface area contributed by atoms with E-state index < -0.39 is 290 Å². The van der Waals surface area contributed by atoms with Crippen LogP contribution in [0, 0.1) is 5.92 Å². The second-order valence-electron chi connectivity index (χ2n) is 25.7. The molecule has 21 aliphatic rings. The van der Waals surface area contributed by atoms with Crippen LogP contribution in [-0.4, -0.2) is 441 Å². The van der Waals surface area contributed by atoms with Gasteiger partial charge in [0.25, 0.3) is 0 Å². The number of carboxylic acids is 2. The van der Waals surface area contributed by atoms with E-state index in [1.54, 1.807) is 0 Å². The number of likely N-dealkylation sites (N-methyl/N-ethyl adjacent to an activating group) is 1. The van der Waals surface area contributed by atoms with Gasteiger partial charge in [0.05, 0.1) is 77.6 Å². The first kappa shape index (κ1) is 86.1. The van der Waals surface area contributed by atoms with Gasteiger partial charge in [0.1, 0.15) is 176 Å². The highest BCUT2D eigenvalue weighted by molar-refractivity contribution is 7.99. The molecule has 0 aromatic heterocycles. The topological polar surface area (TPSA) is 653 Å². The zero-order valence-electron chi connectivity index (χ0n) is 55.5. The van der Waals surface area contributed by atoms with Crippen LogP contribution in [0.15, 0.2) is 0 Å². The Morgan fingerprint density at radius 2 is 0.602 bits per heavy atom. The molecule has 103 heavy (non-hydrogen) atoms. The Bertz CT molecular complexity index is 2610. The van der Waals surface area contributed by atoms with Crippen LogP contribution in [-0.2, 0) is 95.0 Å². The Hall–Kier alpha value is -2.46. The van der Waals surface area contributed by atoms with Crippen LogP contribution in [0.2, 0.25) is 0 Å². The molecule has 21 heterocycles. The van der Waals surface area contributed by atoms with Gasteiger partial charge in [-0.1, -0.05) is 0 Å². The number of aliphatic hydroxyl groups excluding tert-OH is 19. The van der Waals surface area contributed by atoms with Crippen LogP contribution in [0.5, 0.6) is 0 Å². The molecule has 21 fully saturated rings. The summed E-state index contributed by atoms with van der Waals surface area (Å²) in [6.45, 7) is -3.91. The number of thioether (sulfide) groups is 2. The highest BCUT2D eigenvalue weighted by Crippen LogP contribution is 2.40. The number of Topliss-reactive ketones (excluding diaryl/α,β-unsaturated/α-hetero) is 2. The maximum atomic E-state index is 13.0. The molecule has 0 spiro atoms. The van der Waals surface area contributed by atoms with Gasteiger partial charge in [-0.25, -0.2) is 0 Å². The molecule has 14 bridgehead atoms. The number of nitrogens with one attached hydrogen (secondary N) is 1. The number of rotatable bonds is 27. The molecule has 44 heteroatoms. The fourth-order valence-corrected chi connectivity index (χ4v) is 15.0. The van der Waals surface area contributed by atoms with Crippen molar-refractivity contribution in [3.05, 3.63) is 0 Å². The largest absolute Gasteiger partial charge is 0.481 e. The van der Waals surface area contributed by atoms with E-state index in [1.807, 2.05) is 0 Å². The van der Waals surface area contributed by atoms with Gasteiger partial charge in [0, 0.05) is 42.3 Å². The van der Waals surface area contributed by atoms with Crippen molar-refractivity contribution < 1.29 is 202 Å². The monoisotopic (exact) mass is 1540 g/mol. The molecule has 0 radical (unpaired) electrons. The summed E-state index contributed by atoms with van der Waals surface area (Å²) in [5.74, 6) is -6.08. The first-order valence-corrected chi connectivity index (χ1v) is 35.5. The number of carbonyl (C=O) groups is 4. The van der Waals surface area contributed by atoms with Crippen LogP contribution in [0.3, 0.4) is 0 Å². The maximum absolute atomic E-state index is 13.0. The number of carbonyl (C=O) groups excluding carboxylic acids is 2. The van der Waals surface area contributed by atoms with E-state index >= 15 is 0 Å². The molecule has 0 aromatic rings. The van der Waals surface area contributed by atoms with Crippen molar-refractivity contribution in [3.8, 4) is 0 Å². The number of hydrogen-bond acceptors (Lipinski definition) is 42. The minimum atomic E-state index is -2.31. The fraction of sp³-hybridized carbons (Fsp3) is 0.932. The van der Waals surface area contributed by atoms with E-state index in [0.717, 1.165) is 23.5 Å². The first-order chi connectivity index (χ1) is 49.0. The number of aliphatic hydroxyl groups is 19. The van der Waals surface area contributed by atoms with Gasteiger partial charge in [-0.3, -0.25) is 19.2 Å². The molecule has 0 aliphatic carbocycles. The molecule has 0 saturated carbocycles. The number of ether oxygens (including phenoxy) is 16. The summed E-state index contributed by atoms with van der Waals surface area (Å²) < 4.78 is 93.3. The fourth-order valence-electron chi connectivity index (χ4n) is 12.6. The normalized spacial score (nSPS) is 44.9. The van der Waals surface area contributed by atoms with Crippen molar-refractivity contribution in [2.75, 3.05) is 89.5 Å². The van der Waals surface area contributed by atoms with Crippen LogP contribution in [0.1, 0.15) is 26.2 Å². The zero-order valence-corrected chi connectivity index (χ0v) is 57.2. The Balaban J connectivity index is 1.08. The summed E-state index contributed by atoms with van der Waals surface area (Å²) in [4.78, 5) is 48.7. The standard InChI is InChI=1S/C59H97NO41S2/c1-19(66)3-5-86-7-8-87-6-4-21(67)9-20(51(82)83)15-102-17-28-49-35(73)42(80)58(93-28)98-47-26(13-64)89-55(38(76)31(47)69)97-46-25(12-63)92-57(41(79)34(46)72)101-50-29(18-103-16-22(60-2)52(84)85)94-59(43(81)36(50)74)99-48-27(14-65)90-54(39(77)32(48)70)95-44-23(10-61)88-53(37(75)30(44)68)96-45-24(11-62)91-56(100-49)40(78)33(45)71/h20,22-50,53-65,68-81H,3-18H2,1-2H3,(H,82,83)(H,84,85)/t20?,22-,23?,24?,25?,26?,27?,28?,29?,30-,31-,32-,33-,34-,35-,36-,37?,38?,39?,40?,41?,42?,43?,44-,45-,46-,47-,48-,49-,50-,53-,54-,55-,56-,57+,58-,59+/m1/s1. The van der Waals surface area contributed by atoms with Gasteiger partial charge < -0.3 is 188 Å². The van der Waals surface area contributed by atoms with Gasteiger partial charge in [0.2, 0.25) is 0 Å². The molecular weight excluding hydrogens is 1440 g/mol. The van der Waals surface area contributed by atoms with Crippen molar-refractivity contribution in [1.82, 2.24) is 5.32 Å². The molecule has 0 amide bonds. The van der Waals surface area contributed by atoms with Crippen LogP contribution < -0.4 is 5.32 Å². The molecule has 596 valence electrons. The third kappa shape index (κ3) is 21.0. The number of hydrogen-bond donors (Lipinski definition) is 22. The molecule has 21 aliphatic heterocycles. The van der Waals surface area contributed by atoms with Crippen molar-refractivity contribution in [1.29, 1.82) is 0 Å². The van der Waals surface area contributed by atoms with Crippen molar-refractivity contribution in [3.63, 3.8) is 0 Å². The van der Waals surface area contributed by atoms with Gasteiger partial charge in [-0.15, -0.1) is 0 Å². The molecule has 21 saturated heterocycles. The number of carboxylic acid groups (broad SMARTS) is 2. The predicted molar refractivity (Wildman–Crippen MR) is 332 cm³/mol. The van der Waals surface area contributed by atoms with Crippen LogP contribution in [0.25, 0.3) is 0 Å². The summed E-state index contributed by atoms with van der Waals surface area (Å²) in [5, 5.41) is 239. The van der Waals surface area contributed by atoms with E-state index in [-0.39, 0.29) is 62.3 Å². The number of aliphatic carboxylic acids is 2. The van der Waals surface area contributed by atoms with E-state index in [0.29, 0.717) is 0 Å². The van der Waals surface area contributed by atoms with E-state index in [9.17, 15) is 126 Å². The molecule has 37 atom stereocenters. The highest BCUT2D eigenvalue weighted by Gasteiger charge is 2.60. The third-order valence-electron chi connectivity index (χ3n) is 18.6. The smallest absolute Gasteiger partial charge is 0.321 e. The Morgan fingerprint density at radius 1 is 0.350 bits per heavy atom. The molecular formula is C59H97NO41S2. The molecule has 42 nitrogen and oxygen atoms in total. The lowest BCUT2D eigenvalue weighted by atomic mass is 9.95. The minimum Gasteiger partial charge on any atom is -0.481 e. The van der Waals surface area contributed by atoms with Gasteiger partial charge in [-0.05, 0) is 14.0 Å². The third-order valence-corrected chi connectivity index (χ3v) is 20.9. The van der Waals surface area contributed by atoms with E-state index in [2.05, 4.69) is 5.32 Å². The van der Waals surface area contributed by atoms with Crippen molar-refractivity contribution in [2.24, 2.45) is 5.92 Å². The Kier molecular flexibility index (Phi) is 33.4. The Labute approximate surface area is 595 Å². The van der Waals surface area contributed by atoms with Crippen molar-refractivity contribution >= 4 is 47.0 Å². The number of ketones is 2. The van der Waals surface area contributed by atoms with Gasteiger partial charge in [0.15, 0.2) is 44.0 Å². The average Bonchev–Trinajstić information content (AvgIpc) is 0.785. The minimum absolute atomic E-state index is 0.0645. The zero-order chi connectivity index (χ0) is 75.4. The maximum Gasteiger partial charge on any atom is 0.321 e. The lowest BCUT2D eigenvalue weighted by Gasteiger charge is -2.50. The van der Waals surface area contributed by atoms with E-state index in [4.69, 9.17) is 75.8 Å². The predicted octanol–water partition coefficient (Wildman–Crippen LogP) is -13.0. The van der Waals surface area contributed by atoms with Crippen molar-refractivity contribution in [2.45, 2.75) is 247 Å². The lowest BCUT2D eigenvalue weighted by molar-refractivity contribution is -0.395. The van der Waals surface area contributed by atoms with Gasteiger partial charge >= 0.3 is 11.9 Å². The van der Waals surface area contributed by atoms with Crippen LogP contribution in [0.4, 0.5) is 0 Å². The lowest BCUT2D eigenvalue weighted by Crippen LogP contribution is -2.68. The second-order valence-corrected chi connectivity index (χ2v) is 27.9. The second kappa shape index (κ2) is 40.0. The summed E-state index contributed by atoms with van der Waals surface area (Å²) in [6.07, 6.45) is -73.1. The van der Waals surface area contributed by atoms with Crippen LogP contribution >= 0.6 is 23.5 Å². The van der Waals surface area contributed by atoms with Gasteiger partial charge in [-0.2, -0.15) is 23.5 Å². The Morgan fingerprint density at radius 3 is 0.845 bits per heavy atom. The quantitative estimate of drug-likeness (QED) is 0.0340. The summed E-state index contributed by atoms with van der Waals surface area (Å²) >= 11 is 1.66. The molecule has 21 rings (SSSR count). The summed E-state index contributed by atoms with van der Waals surface area (Å²) in [5.41, 5.74) is 0. The molecule has 15 unspecified atom stereocenters. The first-order valence-electron chi connectivity index (χ1n) is 33.2. The van der Waals surface area contributed by atoms with E-state index in [1.165, 1.54) is 14.0 Å². The molecule has 0 aromatic carbocycles. The molecule has 22 N–H and O–H groups in total. The summed E-state index contributed by atoms with van der Waals surface area (Å²) in [7, 11) is 1.35. The average molecular weight is 1540 g/mol. The SMILES string of the molecule is CN[C@H](CSCC1O[C@H]2O[C@@H]3C(CO)O[C@H](O[C@@H]4C(CO)O[C@H](O[C@@H]5C(CO)O[C@H](O[C@@H]6C(CSCC(CC(=O)CCOCCOCCC(C)=O)C(=O)O)O[C@H](O[C@@H]7C(CO)O[C@H](O[C@@H]8C(CO)O[C@@H](O[C@H]1[C@H](O)C2O)C(O)[C@H]8O)C(O)[C@H]7O)C(O)[C@H]6O)C(O)[C@H]5O)C(O)[C@H]4O)C(O)[C@H]3O)C(=O)O. The summed E-state index contributed by atoms with van der Waals surface area (Å²) in [6, 6.07) is -1.18. The highest BCUT2D eigenvalue weighted by atomic mass is 32.2.